The van der Waals surface area contributed by atoms with Gasteiger partial charge in [0.2, 0.25) is 5.95 Å². The van der Waals surface area contributed by atoms with Gasteiger partial charge in [0, 0.05) is 36.9 Å². The fraction of sp³-hybridized carbons (Fsp3) is 0.364. The lowest BCUT2D eigenvalue weighted by Crippen LogP contribution is -2.42. The molecule has 1 atom stereocenters. The minimum atomic E-state index is 0.253. The first-order chi connectivity index (χ1) is 13.3. The van der Waals surface area contributed by atoms with E-state index in [1.807, 2.05) is 30.6 Å². The second-order valence-corrected chi connectivity index (χ2v) is 7.62. The first-order valence-corrected chi connectivity index (χ1v) is 9.71. The van der Waals surface area contributed by atoms with E-state index < -0.39 is 0 Å². The van der Waals surface area contributed by atoms with Crippen molar-refractivity contribution in [1.82, 2.24) is 15.3 Å². The maximum absolute atomic E-state index is 5.50. The fourth-order valence-corrected chi connectivity index (χ4v) is 4.78. The maximum Gasteiger partial charge on any atom is 0.225 e. The number of anilines is 1. The highest BCUT2D eigenvalue weighted by Gasteiger charge is 2.45. The molecule has 1 spiro atoms. The van der Waals surface area contributed by atoms with E-state index in [0.717, 1.165) is 50.6 Å². The van der Waals surface area contributed by atoms with Crippen molar-refractivity contribution in [3.05, 3.63) is 78.0 Å². The highest BCUT2D eigenvalue weighted by atomic mass is 16.3. The van der Waals surface area contributed by atoms with E-state index in [0.29, 0.717) is 6.04 Å². The Morgan fingerprint density at radius 1 is 1.04 bits per heavy atom. The van der Waals surface area contributed by atoms with Gasteiger partial charge in [-0.2, -0.15) is 0 Å². The molecular formula is C22H24N4O. The summed E-state index contributed by atoms with van der Waals surface area (Å²) >= 11 is 0. The first kappa shape index (κ1) is 16.5. The van der Waals surface area contributed by atoms with E-state index >= 15 is 0 Å². The van der Waals surface area contributed by atoms with Crippen LogP contribution < -0.4 is 10.2 Å². The van der Waals surface area contributed by atoms with Gasteiger partial charge >= 0.3 is 0 Å². The molecule has 5 heteroatoms. The largest absolute Gasteiger partial charge is 0.468 e. The van der Waals surface area contributed by atoms with Gasteiger partial charge in [-0.25, -0.2) is 9.97 Å². The van der Waals surface area contributed by atoms with Crippen molar-refractivity contribution in [3.63, 3.8) is 0 Å². The molecule has 0 radical (unpaired) electrons. The number of benzene rings is 1. The molecular weight excluding hydrogens is 336 g/mol. The van der Waals surface area contributed by atoms with Gasteiger partial charge in [0.1, 0.15) is 5.76 Å². The molecule has 5 nitrogen and oxygen atoms in total. The van der Waals surface area contributed by atoms with Crippen molar-refractivity contribution in [2.24, 2.45) is 0 Å². The van der Waals surface area contributed by atoms with Crippen LogP contribution in [0.2, 0.25) is 0 Å². The zero-order chi connectivity index (χ0) is 18.1. The molecule has 1 aliphatic heterocycles. The van der Waals surface area contributed by atoms with Crippen LogP contribution in [0.15, 0.2) is 65.5 Å². The highest BCUT2D eigenvalue weighted by Crippen LogP contribution is 2.50. The molecule has 3 heterocycles. The predicted octanol–water partition coefficient (Wildman–Crippen LogP) is 3.84. The summed E-state index contributed by atoms with van der Waals surface area (Å²) in [4.78, 5) is 11.2. The van der Waals surface area contributed by atoms with Gasteiger partial charge in [-0.3, -0.25) is 0 Å². The van der Waals surface area contributed by atoms with Gasteiger partial charge in [0.15, 0.2) is 0 Å². The molecule has 1 unspecified atom stereocenters. The number of aromatic nitrogens is 2. The van der Waals surface area contributed by atoms with Gasteiger partial charge in [-0.1, -0.05) is 24.3 Å². The van der Waals surface area contributed by atoms with Crippen LogP contribution in [0.25, 0.3) is 0 Å². The van der Waals surface area contributed by atoms with Crippen molar-refractivity contribution in [2.45, 2.75) is 37.3 Å². The fourth-order valence-electron chi connectivity index (χ4n) is 4.78. The molecule has 1 aromatic carbocycles. The normalized spacial score (nSPS) is 20.7. The Hall–Kier alpha value is -2.66. The first-order valence-electron chi connectivity index (χ1n) is 9.71. The topological polar surface area (TPSA) is 54.2 Å². The van der Waals surface area contributed by atoms with E-state index in [1.54, 1.807) is 6.26 Å². The molecule has 1 saturated heterocycles. The van der Waals surface area contributed by atoms with Crippen LogP contribution in [0.5, 0.6) is 0 Å². The molecule has 1 N–H and O–H groups in total. The third-order valence-corrected chi connectivity index (χ3v) is 6.16. The summed E-state index contributed by atoms with van der Waals surface area (Å²) in [7, 11) is 0. The van der Waals surface area contributed by atoms with Crippen LogP contribution in [0.4, 0.5) is 5.95 Å². The number of nitrogens with zero attached hydrogens (tertiary/aromatic N) is 3. The van der Waals surface area contributed by atoms with E-state index in [-0.39, 0.29) is 5.41 Å². The summed E-state index contributed by atoms with van der Waals surface area (Å²) in [6.45, 7) is 2.78. The Morgan fingerprint density at radius 3 is 2.63 bits per heavy atom. The Labute approximate surface area is 159 Å². The van der Waals surface area contributed by atoms with Gasteiger partial charge in [0.05, 0.1) is 12.8 Å². The summed E-state index contributed by atoms with van der Waals surface area (Å²) in [6.07, 6.45) is 8.82. The van der Waals surface area contributed by atoms with Crippen molar-refractivity contribution in [3.8, 4) is 0 Å². The van der Waals surface area contributed by atoms with E-state index in [9.17, 15) is 0 Å². The lowest BCUT2D eigenvalue weighted by Gasteiger charge is -2.40. The molecule has 27 heavy (non-hydrogen) atoms. The molecule has 0 bridgehead atoms. The van der Waals surface area contributed by atoms with Crippen molar-refractivity contribution in [2.75, 3.05) is 18.0 Å². The quantitative estimate of drug-likeness (QED) is 0.766. The average Bonchev–Trinajstić information content (AvgIpc) is 3.35. The number of hydrogen-bond acceptors (Lipinski definition) is 5. The van der Waals surface area contributed by atoms with Crippen LogP contribution >= 0.6 is 0 Å². The molecule has 2 aliphatic rings. The maximum atomic E-state index is 5.50. The van der Waals surface area contributed by atoms with Gasteiger partial charge in [-0.05, 0) is 48.6 Å². The SMILES string of the molecule is c1cnc(N2CCC3(CC2)CC(NCc2ccco2)c2ccccc23)nc1. The Balaban J connectivity index is 1.34. The average molecular weight is 360 g/mol. The van der Waals surface area contributed by atoms with Crippen LogP contribution in [0, 0.1) is 0 Å². The second-order valence-electron chi connectivity index (χ2n) is 7.62. The minimum Gasteiger partial charge on any atom is -0.468 e. The summed E-state index contributed by atoms with van der Waals surface area (Å²) in [6, 6.07) is 15.2. The molecule has 3 aromatic rings. The zero-order valence-corrected chi connectivity index (χ0v) is 15.3. The third-order valence-electron chi connectivity index (χ3n) is 6.16. The minimum absolute atomic E-state index is 0.253. The smallest absolute Gasteiger partial charge is 0.225 e. The number of nitrogens with one attached hydrogen (secondary N) is 1. The number of rotatable bonds is 4. The summed E-state index contributed by atoms with van der Waals surface area (Å²) in [5.74, 6) is 1.84. The number of piperidine rings is 1. The molecule has 2 aromatic heterocycles. The second kappa shape index (κ2) is 6.82. The molecule has 1 fully saturated rings. The molecule has 5 rings (SSSR count). The Kier molecular flexibility index (Phi) is 4.17. The number of fused-ring (bicyclic) bond motifs is 2. The van der Waals surface area contributed by atoms with Crippen LogP contribution in [-0.4, -0.2) is 23.1 Å². The lowest BCUT2D eigenvalue weighted by atomic mass is 9.73. The number of furan rings is 1. The monoisotopic (exact) mass is 360 g/mol. The number of hydrogen-bond donors (Lipinski definition) is 1. The van der Waals surface area contributed by atoms with Crippen LogP contribution in [-0.2, 0) is 12.0 Å². The van der Waals surface area contributed by atoms with Gasteiger partial charge in [0.25, 0.3) is 0 Å². The van der Waals surface area contributed by atoms with Crippen LogP contribution in [0.1, 0.15) is 42.2 Å². The molecule has 138 valence electrons. The van der Waals surface area contributed by atoms with Gasteiger partial charge in [-0.15, -0.1) is 0 Å². The predicted molar refractivity (Wildman–Crippen MR) is 105 cm³/mol. The lowest BCUT2D eigenvalue weighted by molar-refractivity contribution is 0.296. The molecule has 0 saturated carbocycles. The Bertz CT molecular complexity index is 886. The summed E-state index contributed by atoms with van der Waals surface area (Å²) in [5.41, 5.74) is 3.23. The zero-order valence-electron chi connectivity index (χ0n) is 15.3. The van der Waals surface area contributed by atoms with Crippen molar-refractivity contribution >= 4 is 5.95 Å². The van der Waals surface area contributed by atoms with Crippen molar-refractivity contribution in [1.29, 1.82) is 0 Å². The van der Waals surface area contributed by atoms with Crippen LogP contribution in [0.3, 0.4) is 0 Å². The van der Waals surface area contributed by atoms with Crippen molar-refractivity contribution < 1.29 is 4.42 Å². The van der Waals surface area contributed by atoms with Gasteiger partial charge < -0.3 is 14.6 Å². The standard InChI is InChI=1S/C22H24N4O/c1-2-7-19-18(6-1)20(25-16-17-5-3-14-27-17)15-22(19)8-12-26(13-9-22)21-23-10-4-11-24-21/h1-7,10-11,14,20,25H,8-9,12-13,15-16H2. The van der Waals surface area contributed by atoms with E-state index in [2.05, 4.69) is 44.5 Å². The van der Waals surface area contributed by atoms with E-state index in [1.165, 1.54) is 11.1 Å². The molecule has 0 amide bonds. The molecule has 1 aliphatic carbocycles. The third kappa shape index (κ3) is 3.02. The van der Waals surface area contributed by atoms with E-state index in [4.69, 9.17) is 4.42 Å². The summed E-state index contributed by atoms with van der Waals surface area (Å²) in [5, 5.41) is 3.72. The highest BCUT2D eigenvalue weighted by molar-refractivity contribution is 5.44. The summed E-state index contributed by atoms with van der Waals surface area (Å²) < 4.78 is 5.50. The Morgan fingerprint density at radius 2 is 1.85 bits per heavy atom.